The maximum absolute atomic E-state index is 13.2. The molecule has 0 aromatic rings. The highest BCUT2D eigenvalue weighted by atomic mass is 16.5. The van der Waals surface area contributed by atoms with E-state index in [9.17, 15) is 19.8 Å². The van der Waals surface area contributed by atoms with Crippen LogP contribution in [-0.4, -0.2) is 46.9 Å². The van der Waals surface area contributed by atoms with Crippen LogP contribution in [-0.2, 0) is 14.3 Å². The molecule has 6 nitrogen and oxygen atoms in total. The van der Waals surface area contributed by atoms with E-state index in [1.165, 1.54) is 116 Å². The van der Waals surface area contributed by atoms with E-state index in [1.54, 1.807) is 0 Å². The molecule has 3 unspecified atom stereocenters. The zero-order chi connectivity index (χ0) is 46.7. The van der Waals surface area contributed by atoms with Crippen molar-refractivity contribution in [2.45, 2.75) is 277 Å². The zero-order valence-electron chi connectivity index (χ0n) is 42.1. The van der Waals surface area contributed by atoms with Gasteiger partial charge in [-0.15, -0.1) is 0 Å². The minimum absolute atomic E-state index is 0.0561. The topological polar surface area (TPSA) is 95.9 Å². The molecule has 0 saturated heterocycles. The quantitative estimate of drug-likeness (QED) is 0.0245. The van der Waals surface area contributed by atoms with E-state index in [2.05, 4.69) is 99.0 Å². The molecule has 3 atom stereocenters. The zero-order valence-corrected chi connectivity index (χ0v) is 42.1. The van der Waals surface area contributed by atoms with Crippen LogP contribution in [0.5, 0.6) is 0 Å². The van der Waals surface area contributed by atoms with Gasteiger partial charge in [0.15, 0.2) is 0 Å². The Morgan fingerprint density at radius 1 is 0.469 bits per heavy atom. The summed E-state index contributed by atoms with van der Waals surface area (Å²) in [4.78, 5) is 26.2. The van der Waals surface area contributed by atoms with Crippen LogP contribution in [0, 0.1) is 0 Å². The van der Waals surface area contributed by atoms with Gasteiger partial charge < -0.3 is 20.3 Å². The van der Waals surface area contributed by atoms with Gasteiger partial charge >= 0.3 is 5.97 Å². The molecule has 0 heterocycles. The van der Waals surface area contributed by atoms with Crippen LogP contribution in [0.4, 0.5) is 0 Å². The van der Waals surface area contributed by atoms with Crippen LogP contribution in [0.2, 0.25) is 0 Å². The number of carbonyl (C=O) groups excluding carboxylic acids is 2. The highest BCUT2D eigenvalue weighted by Crippen LogP contribution is 2.18. The van der Waals surface area contributed by atoms with Gasteiger partial charge in [0.05, 0.1) is 25.2 Å². The standard InChI is InChI=1S/C58H103NO5/c1-4-7-10-13-16-19-22-25-27-28-29-31-33-36-39-42-45-48-51-58(63)64-54(49-46-43-40-37-34-32-30-26-23-20-17-14-11-8-5-2)52-57(62)59-55(53-60)56(61)50-47-44-41-38-35-24-21-18-15-12-9-6-3/h16-17,19-20,22,25-31,54-56,60-61H,4-15,18,21,23-24,32-53H2,1-3H3,(H,59,62)/b19-16+,20-17-,25-22+,28-27+,30-26-,31-29+. The monoisotopic (exact) mass is 894 g/mol. The highest BCUT2D eigenvalue weighted by Gasteiger charge is 2.24. The molecule has 0 aromatic heterocycles. The van der Waals surface area contributed by atoms with Crippen molar-refractivity contribution < 1.29 is 24.5 Å². The van der Waals surface area contributed by atoms with E-state index >= 15 is 0 Å². The number of hydrogen-bond donors (Lipinski definition) is 3. The van der Waals surface area contributed by atoms with Gasteiger partial charge in [-0.25, -0.2) is 0 Å². The first-order valence-corrected chi connectivity index (χ1v) is 27.2. The van der Waals surface area contributed by atoms with Gasteiger partial charge in [0, 0.05) is 6.42 Å². The summed E-state index contributed by atoms with van der Waals surface area (Å²) in [5.74, 6) is -0.513. The molecule has 0 fully saturated rings. The van der Waals surface area contributed by atoms with Crippen molar-refractivity contribution in [3.8, 4) is 0 Å². The van der Waals surface area contributed by atoms with Crippen molar-refractivity contribution in [3.63, 3.8) is 0 Å². The number of esters is 1. The maximum Gasteiger partial charge on any atom is 0.306 e. The van der Waals surface area contributed by atoms with E-state index < -0.39 is 18.2 Å². The van der Waals surface area contributed by atoms with Crippen molar-refractivity contribution in [1.29, 1.82) is 0 Å². The summed E-state index contributed by atoms with van der Waals surface area (Å²) >= 11 is 0. The summed E-state index contributed by atoms with van der Waals surface area (Å²) in [6.45, 7) is 6.41. The largest absolute Gasteiger partial charge is 0.462 e. The third-order valence-electron chi connectivity index (χ3n) is 12.1. The predicted molar refractivity (Wildman–Crippen MR) is 278 cm³/mol. The molecule has 0 spiro atoms. The molecule has 0 radical (unpaired) electrons. The average molecular weight is 894 g/mol. The molecule has 6 heteroatoms. The number of aliphatic hydroxyl groups is 2. The number of amides is 1. The first-order chi connectivity index (χ1) is 31.5. The van der Waals surface area contributed by atoms with Crippen LogP contribution < -0.4 is 5.32 Å². The molecule has 1 amide bonds. The summed E-state index contributed by atoms with van der Waals surface area (Å²) in [5.41, 5.74) is 0. The van der Waals surface area contributed by atoms with Gasteiger partial charge in [-0.3, -0.25) is 9.59 Å². The van der Waals surface area contributed by atoms with E-state index in [0.29, 0.717) is 19.3 Å². The fraction of sp³-hybridized carbons (Fsp3) is 0.759. The molecule has 0 rings (SSSR count). The van der Waals surface area contributed by atoms with Crippen molar-refractivity contribution in [2.75, 3.05) is 6.61 Å². The van der Waals surface area contributed by atoms with Gasteiger partial charge in [0.2, 0.25) is 5.91 Å². The number of hydrogen-bond acceptors (Lipinski definition) is 5. The molecule has 0 saturated carbocycles. The highest BCUT2D eigenvalue weighted by molar-refractivity contribution is 5.77. The normalized spacial score (nSPS) is 13.8. The van der Waals surface area contributed by atoms with Gasteiger partial charge in [0.25, 0.3) is 0 Å². The summed E-state index contributed by atoms with van der Waals surface area (Å²) in [6.07, 6.45) is 65.2. The number of nitrogens with one attached hydrogen (secondary N) is 1. The van der Waals surface area contributed by atoms with E-state index in [-0.39, 0.29) is 24.9 Å². The van der Waals surface area contributed by atoms with Gasteiger partial charge in [0.1, 0.15) is 6.10 Å². The number of ether oxygens (including phenoxy) is 1. The number of rotatable bonds is 48. The fourth-order valence-electron chi connectivity index (χ4n) is 7.94. The first kappa shape index (κ1) is 61.3. The molecule has 0 aliphatic carbocycles. The van der Waals surface area contributed by atoms with Crippen LogP contribution in [0.15, 0.2) is 72.9 Å². The second kappa shape index (κ2) is 51.3. The van der Waals surface area contributed by atoms with E-state index in [0.717, 1.165) is 96.3 Å². The molecular formula is C58H103NO5. The molecule has 370 valence electrons. The average Bonchev–Trinajstić information content (AvgIpc) is 3.29. The molecule has 0 aliphatic heterocycles. The minimum atomic E-state index is -0.799. The molecule has 3 N–H and O–H groups in total. The number of allylic oxidation sites excluding steroid dienone is 12. The lowest BCUT2D eigenvalue weighted by molar-refractivity contribution is -0.151. The summed E-state index contributed by atoms with van der Waals surface area (Å²) in [6, 6.07) is -0.714. The first-order valence-electron chi connectivity index (χ1n) is 27.2. The Bertz CT molecular complexity index is 1190. The van der Waals surface area contributed by atoms with Crippen molar-refractivity contribution >= 4 is 11.9 Å². The second-order valence-corrected chi connectivity index (χ2v) is 18.4. The molecule has 64 heavy (non-hydrogen) atoms. The number of unbranched alkanes of at least 4 members (excludes halogenated alkanes) is 27. The fourth-order valence-corrected chi connectivity index (χ4v) is 7.94. The van der Waals surface area contributed by atoms with E-state index in [1.807, 2.05) is 0 Å². The lowest BCUT2D eigenvalue weighted by atomic mass is 10.0. The van der Waals surface area contributed by atoms with Crippen LogP contribution in [0.1, 0.15) is 258 Å². The Balaban J connectivity index is 4.66. The number of carbonyl (C=O) groups is 2. The third-order valence-corrected chi connectivity index (χ3v) is 12.1. The van der Waals surface area contributed by atoms with Gasteiger partial charge in [-0.1, -0.05) is 235 Å². The molecule has 0 aromatic carbocycles. The van der Waals surface area contributed by atoms with Crippen LogP contribution in [0.3, 0.4) is 0 Å². The summed E-state index contributed by atoms with van der Waals surface area (Å²) < 4.78 is 5.93. The Morgan fingerprint density at radius 3 is 1.36 bits per heavy atom. The molecular weight excluding hydrogens is 791 g/mol. The minimum Gasteiger partial charge on any atom is -0.462 e. The molecule has 0 aliphatic rings. The Kier molecular flexibility index (Phi) is 49.1. The second-order valence-electron chi connectivity index (χ2n) is 18.4. The Hall–Kier alpha value is -2.70. The van der Waals surface area contributed by atoms with Crippen LogP contribution in [0.25, 0.3) is 0 Å². The van der Waals surface area contributed by atoms with E-state index in [4.69, 9.17) is 4.74 Å². The molecule has 0 bridgehead atoms. The van der Waals surface area contributed by atoms with Gasteiger partial charge in [-0.2, -0.15) is 0 Å². The van der Waals surface area contributed by atoms with Crippen molar-refractivity contribution in [1.82, 2.24) is 5.32 Å². The summed E-state index contributed by atoms with van der Waals surface area (Å²) in [5, 5.41) is 23.8. The summed E-state index contributed by atoms with van der Waals surface area (Å²) in [7, 11) is 0. The van der Waals surface area contributed by atoms with Crippen LogP contribution >= 0.6 is 0 Å². The lowest BCUT2D eigenvalue weighted by Gasteiger charge is -2.24. The smallest absolute Gasteiger partial charge is 0.306 e. The van der Waals surface area contributed by atoms with Gasteiger partial charge in [-0.05, 0) is 83.5 Å². The Labute approximate surface area is 396 Å². The number of aliphatic hydroxyl groups excluding tert-OH is 2. The third kappa shape index (κ3) is 45.9. The SMILES string of the molecule is CCCCC/C=C\C/C=C\CCCCCCCC(CC(=O)NC(CO)C(O)CCCCCCCCCCCCCC)OC(=O)CCCCCCC/C=C/C=C/C=C/C=C/CCCCC. The maximum atomic E-state index is 13.2. The predicted octanol–water partition coefficient (Wildman–Crippen LogP) is 16.6. The Morgan fingerprint density at radius 2 is 0.859 bits per heavy atom. The van der Waals surface area contributed by atoms with Crippen molar-refractivity contribution in [2.24, 2.45) is 0 Å². The van der Waals surface area contributed by atoms with Crippen molar-refractivity contribution in [3.05, 3.63) is 72.9 Å². The lowest BCUT2D eigenvalue weighted by Crippen LogP contribution is -2.46.